The zero-order valence-electron chi connectivity index (χ0n) is 9.89. The maximum absolute atomic E-state index is 12.3. The molecule has 0 aliphatic heterocycles. The Labute approximate surface area is 106 Å². The number of hydrogen-bond donors (Lipinski definition) is 1. The molecule has 1 aliphatic rings. The van der Waals surface area contributed by atoms with Crippen molar-refractivity contribution in [2.45, 2.75) is 0 Å². The average molecular weight is 235 g/mol. The molecule has 2 aromatic carbocycles. The van der Waals surface area contributed by atoms with Gasteiger partial charge in [0.05, 0.1) is 0 Å². The molecule has 0 amide bonds. The molecule has 0 saturated heterocycles. The maximum Gasteiger partial charge on any atom is 0.194 e. The Balaban J connectivity index is 2.14. The van der Waals surface area contributed by atoms with Gasteiger partial charge < -0.3 is 5.73 Å². The molecule has 0 spiro atoms. The van der Waals surface area contributed by atoms with Gasteiger partial charge in [0, 0.05) is 17.7 Å². The number of benzene rings is 2. The average Bonchev–Trinajstić information content (AvgIpc) is 2.71. The molecule has 88 valence electrons. The van der Waals surface area contributed by atoms with Crippen LogP contribution < -0.4 is 5.73 Å². The van der Waals surface area contributed by atoms with E-state index in [2.05, 4.69) is 0 Å². The minimum atomic E-state index is 0.114. The number of ketones is 1. The fourth-order valence-electron chi connectivity index (χ4n) is 2.35. The van der Waals surface area contributed by atoms with Gasteiger partial charge in [0.2, 0.25) is 0 Å². The van der Waals surface area contributed by atoms with Crippen LogP contribution in [0.3, 0.4) is 0 Å². The van der Waals surface area contributed by atoms with E-state index in [4.69, 9.17) is 5.73 Å². The summed E-state index contributed by atoms with van der Waals surface area (Å²) < 4.78 is 0. The fraction of sp³-hybridized carbons (Fsp3) is 0.0625. The van der Waals surface area contributed by atoms with Gasteiger partial charge >= 0.3 is 0 Å². The highest BCUT2D eigenvalue weighted by Crippen LogP contribution is 2.36. The van der Waals surface area contributed by atoms with Crippen molar-refractivity contribution in [1.82, 2.24) is 0 Å². The van der Waals surface area contributed by atoms with Crippen molar-refractivity contribution in [3.63, 3.8) is 0 Å². The first-order valence-electron chi connectivity index (χ1n) is 5.96. The smallest absolute Gasteiger partial charge is 0.194 e. The van der Waals surface area contributed by atoms with Gasteiger partial charge in [-0.25, -0.2) is 0 Å². The molecule has 1 aliphatic carbocycles. The highest BCUT2D eigenvalue weighted by molar-refractivity contribution is 6.21. The van der Waals surface area contributed by atoms with E-state index in [1.54, 1.807) is 0 Å². The van der Waals surface area contributed by atoms with Crippen molar-refractivity contribution in [2.75, 3.05) is 6.54 Å². The molecule has 3 rings (SSSR count). The molecule has 2 aromatic rings. The lowest BCUT2D eigenvalue weighted by Crippen LogP contribution is -1.95. The normalized spacial score (nSPS) is 12.8. The van der Waals surface area contributed by atoms with Crippen molar-refractivity contribution in [2.24, 2.45) is 5.73 Å². The van der Waals surface area contributed by atoms with E-state index >= 15 is 0 Å². The van der Waals surface area contributed by atoms with Crippen LogP contribution in [-0.2, 0) is 0 Å². The standard InChI is InChI=1S/C16H13NO/c17-9-3-4-11-7-8-13-12-5-1-2-6-14(12)16(18)15(13)10-11/h1-8,10H,9,17H2. The van der Waals surface area contributed by atoms with Crippen molar-refractivity contribution < 1.29 is 4.79 Å². The molecule has 0 bridgehead atoms. The van der Waals surface area contributed by atoms with Gasteiger partial charge in [-0.3, -0.25) is 4.79 Å². The van der Waals surface area contributed by atoms with Crippen LogP contribution in [0.25, 0.3) is 17.2 Å². The lowest BCUT2D eigenvalue weighted by molar-refractivity contribution is 0.104. The van der Waals surface area contributed by atoms with Gasteiger partial charge in [0.25, 0.3) is 0 Å². The Morgan fingerprint density at radius 2 is 1.67 bits per heavy atom. The number of fused-ring (bicyclic) bond motifs is 3. The lowest BCUT2D eigenvalue weighted by atomic mass is 10.0. The highest BCUT2D eigenvalue weighted by atomic mass is 16.1. The van der Waals surface area contributed by atoms with Crippen LogP contribution in [0.5, 0.6) is 0 Å². The lowest BCUT2D eigenvalue weighted by Gasteiger charge is -2.00. The third-order valence-electron chi connectivity index (χ3n) is 3.20. The third-order valence-corrected chi connectivity index (χ3v) is 3.20. The molecule has 0 unspecified atom stereocenters. The van der Waals surface area contributed by atoms with Crippen molar-refractivity contribution in [3.05, 3.63) is 65.2 Å². The zero-order valence-corrected chi connectivity index (χ0v) is 9.89. The van der Waals surface area contributed by atoms with Crippen LogP contribution in [0.1, 0.15) is 21.5 Å². The highest BCUT2D eigenvalue weighted by Gasteiger charge is 2.25. The largest absolute Gasteiger partial charge is 0.327 e. The van der Waals surface area contributed by atoms with E-state index in [1.807, 2.05) is 54.6 Å². The molecular weight excluding hydrogens is 222 g/mol. The Bertz CT molecular complexity index is 656. The van der Waals surface area contributed by atoms with Gasteiger partial charge in [-0.2, -0.15) is 0 Å². The number of carbonyl (C=O) groups excluding carboxylic acids is 1. The molecule has 18 heavy (non-hydrogen) atoms. The second kappa shape index (κ2) is 4.24. The Morgan fingerprint density at radius 1 is 0.944 bits per heavy atom. The molecular formula is C16H13NO. The summed E-state index contributed by atoms with van der Waals surface area (Å²) in [5.74, 6) is 0.114. The van der Waals surface area contributed by atoms with Crippen molar-refractivity contribution in [3.8, 4) is 11.1 Å². The summed E-state index contributed by atoms with van der Waals surface area (Å²) in [4.78, 5) is 12.3. The van der Waals surface area contributed by atoms with E-state index in [0.717, 1.165) is 27.8 Å². The van der Waals surface area contributed by atoms with E-state index < -0.39 is 0 Å². The summed E-state index contributed by atoms with van der Waals surface area (Å²) in [5.41, 5.74) is 10.1. The summed E-state index contributed by atoms with van der Waals surface area (Å²) >= 11 is 0. The second-order valence-electron chi connectivity index (χ2n) is 4.32. The van der Waals surface area contributed by atoms with Crippen molar-refractivity contribution >= 4 is 11.9 Å². The summed E-state index contributed by atoms with van der Waals surface area (Å²) in [6, 6.07) is 13.7. The summed E-state index contributed by atoms with van der Waals surface area (Å²) in [6.45, 7) is 0.505. The Morgan fingerprint density at radius 3 is 2.44 bits per heavy atom. The quantitative estimate of drug-likeness (QED) is 0.742. The van der Waals surface area contributed by atoms with Gasteiger partial charge in [-0.05, 0) is 22.8 Å². The molecule has 0 heterocycles. The van der Waals surface area contributed by atoms with E-state index in [9.17, 15) is 4.79 Å². The van der Waals surface area contributed by atoms with Gasteiger partial charge in [0.1, 0.15) is 0 Å². The van der Waals surface area contributed by atoms with Gasteiger partial charge in [-0.1, -0.05) is 48.6 Å². The van der Waals surface area contributed by atoms with E-state index in [1.165, 1.54) is 0 Å². The van der Waals surface area contributed by atoms with Gasteiger partial charge in [0.15, 0.2) is 5.78 Å². The predicted molar refractivity (Wildman–Crippen MR) is 73.4 cm³/mol. The number of nitrogens with two attached hydrogens (primary N) is 1. The summed E-state index contributed by atoms with van der Waals surface area (Å²) in [6.07, 6.45) is 3.82. The number of carbonyl (C=O) groups is 1. The van der Waals surface area contributed by atoms with Gasteiger partial charge in [-0.15, -0.1) is 0 Å². The Kier molecular flexibility index (Phi) is 2.58. The minimum Gasteiger partial charge on any atom is -0.327 e. The van der Waals surface area contributed by atoms with Crippen LogP contribution >= 0.6 is 0 Å². The monoisotopic (exact) mass is 235 g/mol. The first-order valence-corrected chi connectivity index (χ1v) is 5.96. The SMILES string of the molecule is NCC=Cc1ccc2c(c1)C(=O)c1ccccc1-2. The van der Waals surface area contributed by atoms with Crippen LogP contribution in [0.15, 0.2) is 48.5 Å². The number of rotatable bonds is 2. The molecule has 2 heteroatoms. The summed E-state index contributed by atoms with van der Waals surface area (Å²) in [5, 5.41) is 0. The van der Waals surface area contributed by atoms with Crippen LogP contribution in [-0.4, -0.2) is 12.3 Å². The molecule has 2 N–H and O–H groups in total. The molecule has 2 nitrogen and oxygen atoms in total. The maximum atomic E-state index is 12.3. The predicted octanol–water partition coefficient (Wildman–Crippen LogP) is 2.87. The Hall–Kier alpha value is -2.19. The first kappa shape index (κ1) is 10.9. The fourth-order valence-corrected chi connectivity index (χ4v) is 2.35. The third kappa shape index (κ3) is 1.59. The number of hydrogen-bond acceptors (Lipinski definition) is 2. The molecule has 0 saturated carbocycles. The molecule has 0 atom stereocenters. The van der Waals surface area contributed by atoms with E-state index in [0.29, 0.717) is 6.54 Å². The summed E-state index contributed by atoms with van der Waals surface area (Å²) in [7, 11) is 0. The van der Waals surface area contributed by atoms with Crippen molar-refractivity contribution in [1.29, 1.82) is 0 Å². The molecule has 0 aromatic heterocycles. The first-order chi connectivity index (χ1) is 8.81. The zero-order chi connectivity index (χ0) is 12.5. The molecule has 0 radical (unpaired) electrons. The van der Waals surface area contributed by atoms with Crippen LogP contribution in [0.4, 0.5) is 0 Å². The van der Waals surface area contributed by atoms with Crippen LogP contribution in [0, 0.1) is 0 Å². The van der Waals surface area contributed by atoms with Crippen LogP contribution in [0.2, 0.25) is 0 Å². The van der Waals surface area contributed by atoms with E-state index in [-0.39, 0.29) is 5.78 Å². The molecule has 0 fully saturated rings. The topological polar surface area (TPSA) is 43.1 Å². The second-order valence-corrected chi connectivity index (χ2v) is 4.32. The minimum absolute atomic E-state index is 0.114.